The van der Waals surface area contributed by atoms with Gasteiger partial charge in [-0.15, -0.1) is 0 Å². The summed E-state index contributed by atoms with van der Waals surface area (Å²) < 4.78 is 4.92. The van der Waals surface area contributed by atoms with E-state index in [0.717, 1.165) is 12.8 Å². The SMILES string of the molecule is CC1(C)c2ccccc2-c2cc3c4cc(-c5ccc6c(c5)c5ccccc5n6C5=CC=CCC5)ccc4n(-c4ccccc4)c3cc21. The Kier molecular flexibility index (Phi) is 5.49. The zero-order valence-electron chi connectivity index (χ0n) is 26.7. The molecule has 8 aromatic rings. The van der Waals surface area contributed by atoms with E-state index >= 15 is 0 Å². The lowest BCUT2D eigenvalue weighted by Crippen LogP contribution is -2.14. The maximum atomic E-state index is 2.47. The minimum absolute atomic E-state index is 0.0538. The van der Waals surface area contributed by atoms with E-state index in [1.165, 1.54) is 88.4 Å². The predicted octanol–water partition coefficient (Wildman–Crippen LogP) is 12.1. The van der Waals surface area contributed by atoms with Crippen LogP contribution in [-0.2, 0) is 5.41 Å². The van der Waals surface area contributed by atoms with Crippen LogP contribution in [0.2, 0.25) is 0 Å². The zero-order valence-corrected chi connectivity index (χ0v) is 26.7. The van der Waals surface area contributed by atoms with Gasteiger partial charge in [-0.25, -0.2) is 0 Å². The molecule has 2 nitrogen and oxygen atoms in total. The van der Waals surface area contributed by atoms with Crippen LogP contribution in [0, 0.1) is 0 Å². The molecule has 0 radical (unpaired) electrons. The summed E-state index contributed by atoms with van der Waals surface area (Å²) in [6, 6.07) is 47.7. The summed E-state index contributed by atoms with van der Waals surface area (Å²) in [5.41, 5.74) is 15.6. The normalized spacial score (nSPS) is 15.1. The Bertz CT molecular complexity index is 2640. The fourth-order valence-corrected chi connectivity index (χ4v) is 8.49. The third-order valence-corrected chi connectivity index (χ3v) is 10.8. The van der Waals surface area contributed by atoms with E-state index in [1.54, 1.807) is 0 Å². The average molecular weight is 603 g/mol. The first kappa shape index (κ1) is 26.6. The van der Waals surface area contributed by atoms with Crippen LogP contribution in [-0.4, -0.2) is 9.13 Å². The van der Waals surface area contributed by atoms with Gasteiger partial charge in [-0.1, -0.05) is 98.8 Å². The lowest BCUT2D eigenvalue weighted by molar-refractivity contribution is 0.661. The Morgan fingerprint density at radius 2 is 1.17 bits per heavy atom. The minimum atomic E-state index is -0.0538. The maximum absolute atomic E-state index is 2.47. The number of benzene rings is 6. The monoisotopic (exact) mass is 602 g/mol. The van der Waals surface area contributed by atoms with Crippen LogP contribution in [0.1, 0.15) is 37.8 Å². The highest BCUT2D eigenvalue weighted by atomic mass is 15.0. The molecular formula is C45H34N2. The first-order valence-corrected chi connectivity index (χ1v) is 16.8. The molecule has 2 heteroatoms. The molecule has 0 N–H and O–H groups in total. The number of hydrogen-bond donors (Lipinski definition) is 0. The number of nitrogens with zero attached hydrogens (tertiary/aromatic N) is 2. The van der Waals surface area contributed by atoms with Crippen molar-refractivity contribution in [3.8, 4) is 27.9 Å². The molecule has 2 aromatic heterocycles. The summed E-state index contributed by atoms with van der Waals surface area (Å²) in [6.45, 7) is 4.73. The number of aromatic nitrogens is 2. The molecule has 0 bridgehead atoms. The number of para-hydroxylation sites is 2. The summed E-state index contributed by atoms with van der Waals surface area (Å²) in [7, 11) is 0. The van der Waals surface area contributed by atoms with Crippen molar-refractivity contribution in [3.05, 3.63) is 157 Å². The Balaban J connectivity index is 1.22. The highest BCUT2D eigenvalue weighted by Gasteiger charge is 2.36. The number of allylic oxidation sites excluding steroid dienone is 4. The first-order valence-electron chi connectivity index (χ1n) is 16.8. The molecule has 47 heavy (non-hydrogen) atoms. The van der Waals surface area contributed by atoms with Crippen LogP contribution in [0.15, 0.2) is 146 Å². The summed E-state index contributed by atoms with van der Waals surface area (Å²) in [4.78, 5) is 0. The van der Waals surface area contributed by atoms with E-state index in [1.807, 2.05) is 0 Å². The fourth-order valence-electron chi connectivity index (χ4n) is 8.49. The first-order chi connectivity index (χ1) is 23.1. The van der Waals surface area contributed by atoms with Gasteiger partial charge in [0.1, 0.15) is 0 Å². The molecule has 224 valence electrons. The lowest BCUT2D eigenvalue weighted by Gasteiger charge is -2.21. The van der Waals surface area contributed by atoms with Crippen molar-refractivity contribution in [1.82, 2.24) is 9.13 Å². The summed E-state index contributed by atoms with van der Waals surface area (Å²) in [5, 5.41) is 5.19. The fraction of sp³-hybridized carbons (Fsp3) is 0.111. The van der Waals surface area contributed by atoms with Crippen molar-refractivity contribution < 1.29 is 0 Å². The molecule has 0 unspecified atom stereocenters. The van der Waals surface area contributed by atoms with E-state index in [9.17, 15) is 0 Å². The van der Waals surface area contributed by atoms with Crippen LogP contribution in [0.25, 0.3) is 77.2 Å². The summed E-state index contributed by atoms with van der Waals surface area (Å²) in [5.74, 6) is 0. The van der Waals surface area contributed by atoms with E-state index in [-0.39, 0.29) is 5.41 Å². The largest absolute Gasteiger partial charge is 0.313 e. The van der Waals surface area contributed by atoms with Crippen LogP contribution in [0.4, 0.5) is 0 Å². The smallest absolute Gasteiger partial charge is 0.0544 e. The zero-order chi connectivity index (χ0) is 31.3. The van der Waals surface area contributed by atoms with Gasteiger partial charge in [0.15, 0.2) is 0 Å². The van der Waals surface area contributed by atoms with Gasteiger partial charge in [0.25, 0.3) is 0 Å². The van der Waals surface area contributed by atoms with Gasteiger partial charge in [0.2, 0.25) is 0 Å². The highest BCUT2D eigenvalue weighted by Crippen LogP contribution is 2.51. The standard InChI is InChI=1S/C45H34N2/c1-45(2)39-19-11-9-17-33(39)35-27-38-37-26-30(22-24-43(37)47(44(38)28-40(35)45)32-15-7-4-8-16-32)29-21-23-42-36(25-29)34-18-10-12-20-41(34)46(42)31-13-5-3-6-14-31/h3-5,7-13,15-28H,6,14H2,1-2H3. The molecule has 0 saturated carbocycles. The Labute approximate surface area is 274 Å². The van der Waals surface area contributed by atoms with E-state index in [0.29, 0.717) is 0 Å². The van der Waals surface area contributed by atoms with Crippen molar-refractivity contribution in [2.75, 3.05) is 0 Å². The van der Waals surface area contributed by atoms with Gasteiger partial charge in [-0.3, -0.25) is 0 Å². The second-order valence-corrected chi connectivity index (χ2v) is 13.7. The van der Waals surface area contributed by atoms with Crippen molar-refractivity contribution in [3.63, 3.8) is 0 Å². The Morgan fingerprint density at radius 3 is 1.96 bits per heavy atom. The number of hydrogen-bond acceptors (Lipinski definition) is 0. The van der Waals surface area contributed by atoms with Gasteiger partial charge in [-0.05, 0) is 107 Å². The van der Waals surface area contributed by atoms with Crippen molar-refractivity contribution in [1.29, 1.82) is 0 Å². The predicted molar refractivity (Wildman–Crippen MR) is 199 cm³/mol. The van der Waals surface area contributed by atoms with E-state index in [4.69, 9.17) is 0 Å². The molecule has 6 aromatic carbocycles. The highest BCUT2D eigenvalue weighted by molar-refractivity contribution is 6.14. The van der Waals surface area contributed by atoms with Gasteiger partial charge in [0.05, 0.1) is 22.1 Å². The van der Waals surface area contributed by atoms with Crippen molar-refractivity contribution >= 4 is 49.3 Å². The van der Waals surface area contributed by atoms with Crippen LogP contribution < -0.4 is 0 Å². The van der Waals surface area contributed by atoms with Gasteiger partial charge >= 0.3 is 0 Å². The van der Waals surface area contributed by atoms with Crippen molar-refractivity contribution in [2.45, 2.75) is 32.1 Å². The van der Waals surface area contributed by atoms with Gasteiger partial charge < -0.3 is 9.13 Å². The van der Waals surface area contributed by atoms with Crippen LogP contribution in [0.3, 0.4) is 0 Å². The molecule has 0 fully saturated rings. The Hall–Kier alpha value is -5.60. The average Bonchev–Trinajstić information content (AvgIpc) is 3.71. The molecular weight excluding hydrogens is 569 g/mol. The molecule has 0 saturated heterocycles. The van der Waals surface area contributed by atoms with Gasteiger partial charge in [0, 0.05) is 38.3 Å². The summed E-state index contributed by atoms with van der Waals surface area (Å²) in [6.07, 6.45) is 8.87. The molecule has 0 amide bonds. The quantitative estimate of drug-likeness (QED) is 0.190. The van der Waals surface area contributed by atoms with Crippen LogP contribution in [0.5, 0.6) is 0 Å². The molecule has 10 rings (SSSR count). The molecule has 0 atom stereocenters. The molecule has 2 heterocycles. The van der Waals surface area contributed by atoms with E-state index < -0.39 is 0 Å². The van der Waals surface area contributed by atoms with Crippen molar-refractivity contribution in [2.24, 2.45) is 0 Å². The number of rotatable bonds is 3. The minimum Gasteiger partial charge on any atom is -0.313 e. The molecule has 0 spiro atoms. The molecule has 0 aliphatic heterocycles. The molecule has 2 aliphatic rings. The lowest BCUT2D eigenvalue weighted by atomic mass is 9.82. The van der Waals surface area contributed by atoms with Gasteiger partial charge in [-0.2, -0.15) is 0 Å². The molecule has 2 aliphatic carbocycles. The third kappa shape index (κ3) is 3.73. The second kappa shape index (κ2) is 9.70. The topological polar surface area (TPSA) is 9.86 Å². The second-order valence-electron chi connectivity index (χ2n) is 13.7. The maximum Gasteiger partial charge on any atom is 0.0544 e. The number of fused-ring (bicyclic) bond motifs is 9. The van der Waals surface area contributed by atoms with E-state index in [2.05, 4.69) is 169 Å². The van der Waals surface area contributed by atoms with Crippen LogP contribution >= 0.6 is 0 Å². The summed E-state index contributed by atoms with van der Waals surface area (Å²) >= 11 is 0. The Morgan fingerprint density at radius 1 is 0.511 bits per heavy atom. The third-order valence-electron chi connectivity index (χ3n) is 10.8.